The fraction of sp³-hybridized carbons (Fsp3) is 0.387. The molecule has 4 N–H and O–H groups in total. The largest absolute Gasteiger partial charge is 0.397 e. The molecule has 0 heterocycles. The molecule has 5 rings (SSSR count). The average Bonchev–Trinajstić information content (AvgIpc) is 3.02. The minimum absolute atomic E-state index is 0.0204. The summed E-state index contributed by atoms with van der Waals surface area (Å²) in [5, 5.41) is 14.2. The van der Waals surface area contributed by atoms with Crippen LogP contribution in [0.3, 0.4) is 0 Å². The first-order valence-corrected chi connectivity index (χ1v) is 13.0. The van der Waals surface area contributed by atoms with Crippen molar-refractivity contribution < 1.29 is 9.90 Å². The standard InChI is InChI=1S/C31H36N2O2/c1-2-30(35)17-18-31(20-22-9-4-3-5-10-22)25(21-30)12-8-11-23-19-24(15-16-26(23)31)29(34)33-28-14-7-6-13-27(28)32/h3-7,9-10,13-16,19,25,35H,2,8,11-12,17-18,20-21,32H2,1H3,(H,33,34)/t25-,30+,31-/m0/s1. The van der Waals surface area contributed by atoms with Crippen LogP contribution in [0.15, 0.2) is 72.8 Å². The van der Waals surface area contributed by atoms with Gasteiger partial charge in [0.2, 0.25) is 0 Å². The molecular weight excluding hydrogens is 432 g/mol. The van der Waals surface area contributed by atoms with Gasteiger partial charge in [-0.05, 0) is 98.2 Å². The lowest BCUT2D eigenvalue weighted by Gasteiger charge is -2.50. The van der Waals surface area contributed by atoms with Crippen molar-refractivity contribution in [2.75, 3.05) is 11.1 Å². The molecule has 1 saturated carbocycles. The number of benzene rings is 3. The topological polar surface area (TPSA) is 75.3 Å². The maximum atomic E-state index is 13.1. The van der Waals surface area contributed by atoms with E-state index in [0.29, 0.717) is 22.9 Å². The van der Waals surface area contributed by atoms with E-state index in [1.54, 1.807) is 6.07 Å². The first-order valence-electron chi connectivity index (χ1n) is 13.0. The molecule has 2 aliphatic carbocycles. The van der Waals surface area contributed by atoms with Crippen LogP contribution < -0.4 is 11.1 Å². The Kier molecular flexibility index (Phi) is 6.41. The van der Waals surface area contributed by atoms with Crippen molar-refractivity contribution in [1.29, 1.82) is 0 Å². The summed E-state index contributed by atoms with van der Waals surface area (Å²) in [7, 11) is 0. The van der Waals surface area contributed by atoms with Gasteiger partial charge in [0.05, 0.1) is 17.0 Å². The minimum Gasteiger partial charge on any atom is -0.397 e. The van der Waals surface area contributed by atoms with Crippen LogP contribution in [0, 0.1) is 5.92 Å². The average molecular weight is 469 g/mol. The molecule has 1 fully saturated rings. The predicted molar refractivity (Wildman–Crippen MR) is 143 cm³/mol. The zero-order valence-electron chi connectivity index (χ0n) is 20.6. The Bertz CT molecular complexity index is 1210. The number of aryl methyl sites for hydroxylation is 1. The molecule has 1 amide bonds. The minimum atomic E-state index is -0.565. The molecule has 2 aliphatic rings. The lowest BCUT2D eigenvalue weighted by molar-refractivity contribution is -0.0497. The van der Waals surface area contributed by atoms with E-state index < -0.39 is 5.60 Å². The monoisotopic (exact) mass is 468 g/mol. The van der Waals surface area contributed by atoms with Crippen LogP contribution in [0.4, 0.5) is 11.4 Å². The Morgan fingerprint density at radius 3 is 2.60 bits per heavy atom. The highest BCUT2D eigenvalue weighted by molar-refractivity contribution is 6.05. The van der Waals surface area contributed by atoms with E-state index >= 15 is 0 Å². The van der Waals surface area contributed by atoms with Crippen LogP contribution in [-0.4, -0.2) is 16.6 Å². The first kappa shape index (κ1) is 23.6. The number of para-hydroxylation sites is 2. The van der Waals surface area contributed by atoms with Gasteiger partial charge in [-0.1, -0.05) is 55.5 Å². The summed E-state index contributed by atoms with van der Waals surface area (Å²) in [5.74, 6) is 0.291. The fourth-order valence-electron chi connectivity index (χ4n) is 6.53. The number of nitrogens with two attached hydrogens (primary N) is 1. The number of aliphatic hydroxyl groups is 1. The van der Waals surface area contributed by atoms with Crippen LogP contribution >= 0.6 is 0 Å². The maximum absolute atomic E-state index is 13.1. The van der Waals surface area contributed by atoms with Crippen molar-refractivity contribution in [3.05, 3.63) is 95.1 Å². The second-order valence-corrected chi connectivity index (χ2v) is 10.6. The quantitative estimate of drug-likeness (QED) is 0.386. The van der Waals surface area contributed by atoms with Crippen molar-refractivity contribution in [3.63, 3.8) is 0 Å². The zero-order valence-corrected chi connectivity index (χ0v) is 20.6. The molecule has 3 atom stereocenters. The number of amides is 1. The van der Waals surface area contributed by atoms with Gasteiger partial charge in [0.1, 0.15) is 0 Å². The summed E-state index contributed by atoms with van der Waals surface area (Å²) in [4.78, 5) is 13.1. The first-order chi connectivity index (χ1) is 16.9. The highest BCUT2D eigenvalue weighted by Crippen LogP contribution is 2.54. The predicted octanol–water partition coefficient (Wildman–Crippen LogP) is 6.28. The number of carbonyl (C=O) groups excluding carboxylic acids is 1. The van der Waals surface area contributed by atoms with Crippen molar-refractivity contribution >= 4 is 17.3 Å². The molecule has 4 heteroatoms. The van der Waals surface area contributed by atoms with Gasteiger partial charge in [-0.25, -0.2) is 0 Å². The van der Waals surface area contributed by atoms with Crippen LogP contribution in [0.2, 0.25) is 0 Å². The van der Waals surface area contributed by atoms with E-state index in [9.17, 15) is 9.90 Å². The lowest BCUT2D eigenvalue weighted by Crippen LogP contribution is -2.48. The van der Waals surface area contributed by atoms with Gasteiger partial charge in [0.15, 0.2) is 0 Å². The number of rotatable bonds is 5. The third kappa shape index (κ3) is 4.60. The summed E-state index contributed by atoms with van der Waals surface area (Å²) in [5.41, 5.74) is 11.3. The van der Waals surface area contributed by atoms with Gasteiger partial charge in [0, 0.05) is 11.0 Å². The third-order valence-corrected chi connectivity index (χ3v) is 8.58. The Morgan fingerprint density at radius 1 is 1.06 bits per heavy atom. The number of nitrogens with one attached hydrogen (secondary N) is 1. The van der Waals surface area contributed by atoms with E-state index in [1.807, 2.05) is 24.3 Å². The molecule has 0 aliphatic heterocycles. The molecule has 3 aromatic carbocycles. The van der Waals surface area contributed by atoms with Crippen LogP contribution in [0.1, 0.15) is 72.5 Å². The normalized spacial score (nSPS) is 25.7. The third-order valence-electron chi connectivity index (χ3n) is 8.58. The number of fused-ring (bicyclic) bond motifs is 3. The fourth-order valence-corrected chi connectivity index (χ4v) is 6.53. The van der Waals surface area contributed by atoms with Crippen LogP contribution in [0.5, 0.6) is 0 Å². The molecule has 182 valence electrons. The van der Waals surface area contributed by atoms with Crippen molar-refractivity contribution in [1.82, 2.24) is 0 Å². The molecule has 0 aromatic heterocycles. The molecule has 0 saturated heterocycles. The smallest absolute Gasteiger partial charge is 0.255 e. The molecule has 4 nitrogen and oxygen atoms in total. The molecule has 0 radical (unpaired) electrons. The van der Waals surface area contributed by atoms with Crippen LogP contribution in [0.25, 0.3) is 0 Å². The Balaban J connectivity index is 1.52. The summed E-state index contributed by atoms with van der Waals surface area (Å²) in [6.45, 7) is 2.11. The molecule has 0 unspecified atom stereocenters. The van der Waals surface area contributed by atoms with Crippen molar-refractivity contribution in [2.24, 2.45) is 5.92 Å². The SMILES string of the molecule is CC[C@@]1(O)CC[C@@]2(Cc3ccccc3)c3ccc(C(=O)Nc4ccccc4N)cc3CCC[C@H]2C1. The van der Waals surface area contributed by atoms with Crippen molar-refractivity contribution in [2.45, 2.75) is 69.3 Å². The Morgan fingerprint density at radius 2 is 1.83 bits per heavy atom. The molecular formula is C31H36N2O2. The highest BCUT2D eigenvalue weighted by Gasteiger charge is 2.50. The second kappa shape index (κ2) is 9.50. The van der Waals surface area contributed by atoms with Gasteiger partial charge in [-0.2, -0.15) is 0 Å². The van der Waals surface area contributed by atoms with E-state index in [2.05, 4.69) is 54.7 Å². The number of carbonyl (C=O) groups is 1. The van der Waals surface area contributed by atoms with Gasteiger partial charge in [-0.3, -0.25) is 4.79 Å². The summed E-state index contributed by atoms with van der Waals surface area (Å²) >= 11 is 0. The zero-order chi connectivity index (χ0) is 24.5. The van der Waals surface area contributed by atoms with Gasteiger partial charge in [-0.15, -0.1) is 0 Å². The van der Waals surface area contributed by atoms with Crippen molar-refractivity contribution in [3.8, 4) is 0 Å². The summed E-state index contributed by atoms with van der Waals surface area (Å²) in [6, 6.07) is 24.4. The van der Waals surface area contributed by atoms with E-state index in [4.69, 9.17) is 5.73 Å². The molecule has 35 heavy (non-hydrogen) atoms. The number of anilines is 2. The lowest BCUT2D eigenvalue weighted by atomic mass is 9.55. The highest BCUT2D eigenvalue weighted by atomic mass is 16.3. The summed E-state index contributed by atoms with van der Waals surface area (Å²) in [6.07, 6.45) is 7.55. The Labute approximate surface area is 208 Å². The second-order valence-electron chi connectivity index (χ2n) is 10.6. The van der Waals surface area contributed by atoms with E-state index in [-0.39, 0.29) is 11.3 Å². The van der Waals surface area contributed by atoms with Crippen LogP contribution in [-0.2, 0) is 18.3 Å². The van der Waals surface area contributed by atoms with Gasteiger partial charge >= 0.3 is 0 Å². The van der Waals surface area contributed by atoms with Gasteiger partial charge in [0.25, 0.3) is 5.91 Å². The maximum Gasteiger partial charge on any atom is 0.255 e. The summed E-state index contributed by atoms with van der Waals surface area (Å²) < 4.78 is 0. The van der Waals surface area contributed by atoms with E-state index in [1.165, 1.54) is 16.7 Å². The number of nitrogen functional groups attached to an aromatic ring is 1. The molecule has 3 aromatic rings. The van der Waals surface area contributed by atoms with Gasteiger partial charge < -0.3 is 16.2 Å². The van der Waals surface area contributed by atoms with E-state index in [0.717, 1.165) is 51.4 Å². The molecule has 0 bridgehead atoms. The number of hydrogen-bond donors (Lipinski definition) is 3. The Hall–Kier alpha value is -3.11. The molecule has 0 spiro atoms. The number of hydrogen-bond acceptors (Lipinski definition) is 3.